The maximum atomic E-state index is 11.0. The molecule has 0 fully saturated rings. The van der Waals surface area contributed by atoms with Crippen molar-refractivity contribution < 1.29 is 14.6 Å². The van der Waals surface area contributed by atoms with Crippen LogP contribution in [0.25, 0.3) is 0 Å². The first-order chi connectivity index (χ1) is 7.93. The highest BCUT2D eigenvalue weighted by Gasteiger charge is 2.03. The quantitative estimate of drug-likeness (QED) is 0.212. The van der Waals surface area contributed by atoms with Gasteiger partial charge in [-0.05, 0) is 33.2 Å². The lowest BCUT2D eigenvalue weighted by atomic mass is 10.2. The van der Waals surface area contributed by atoms with Crippen molar-refractivity contribution in [3.05, 3.63) is 24.3 Å². The molecule has 4 nitrogen and oxygen atoms in total. The molecule has 1 atom stereocenters. The SMILES string of the molecule is C=C(C)C[C@@H](O)NCCCCOC(=O)C(=C)C. The van der Waals surface area contributed by atoms with E-state index in [0.29, 0.717) is 25.1 Å². The highest BCUT2D eigenvalue weighted by atomic mass is 16.5. The van der Waals surface area contributed by atoms with Crippen molar-refractivity contribution in [3.8, 4) is 0 Å². The molecule has 0 radical (unpaired) electrons. The summed E-state index contributed by atoms with van der Waals surface area (Å²) >= 11 is 0. The minimum atomic E-state index is -0.537. The van der Waals surface area contributed by atoms with Crippen LogP contribution in [-0.2, 0) is 9.53 Å². The lowest BCUT2D eigenvalue weighted by molar-refractivity contribution is -0.139. The van der Waals surface area contributed by atoms with Crippen LogP contribution in [-0.4, -0.2) is 30.5 Å². The molecule has 0 aromatic carbocycles. The van der Waals surface area contributed by atoms with Crippen molar-refractivity contribution in [2.24, 2.45) is 0 Å². The van der Waals surface area contributed by atoms with Gasteiger partial charge in [0, 0.05) is 12.0 Å². The number of unbranched alkanes of at least 4 members (excludes halogenated alkanes) is 1. The summed E-state index contributed by atoms with van der Waals surface area (Å²) in [7, 11) is 0. The highest BCUT2D eigenvalue weighted by molar-refractivity contribution is 5.86. The number of esters is 1. The molecule has 0 spiro atoms. The lowest BCUT2D eigenvalue weighted by Gasteiger charge is -2.12. The summed E-state index contributed by atoms with van der Waals surface area (Å²) in [6.45, 7) is 11.8. The van der Waals surface area contributed by atoms with E-state index >= 15 is 0 Å². The van der Waals surface area contributed by atoms with Crippen LogP contribution in [0.4, 0.5) is 0 Å². The van der Waals surface area contributed by atoms with Crippen LogP contribution in [0.2, 0.25) is 0 Å². The van der Waals surface area contributed by atoms with Gasteiger partial charge in [0.05, 0.1) is 6.61 Å². The molecule has 0 aromatic heterocycles. The van der Waals surface area contributed by atoms with Gasteiger partial charge in [-0.2, -0.15) is 0 Å². The smallest absolute Gasteiger partial charge is 0.333 e. The van der Waals surface area contributed by atoms with Gasteiger partial charge in [0.15, 0.2) is 0 Å². The molecule has 0 unspecified atom stereocenters. The van der Waals surface area contributed by atoms with Gasteiger partial charge in [0.1, 0.15) is 6.23 Å². The summed E-state index contributed by atoms with van der Waals surface area (Å²) < 4.78 is 4.93. The van der Waals surface area contributed by atoms with E-state index in [1.54, 1.807) is 6.92 Å². The van der Waals surface area contributed by atoms with E-state index in [4.69, 9.17) is 4.74 Å². The Morgan fingerprint density at radius 3 is 2.53 bits per heavy atom. The van der Waals surface area contributed by atoms with Crippen LogP contribution >= 0.6 is 0 Å². The summed E-state index contributed by atoms with van der Waals surface area (Å²) in [5, 5.41) is 12.4. The van der Waals surface area contributed by atoms with Crippen molar-refractivity contribution in [2.75, 3.05) is 13.2 Å². The van der Waals surface area contributed by atoms with Gasteiger partial charge in [0.25, 0.3) is 0 Å². The average molecular weight is 241 g/mol. The third-order valence-corrected chi connectivity index (χ3v) is 2.07. The monoisotopic (exact) mass is 241 g/mol. The summed E-state index contributed by atoms with van der Waals surface area (Å²) in [5.41, 5.74) is 1.36. The van der Waals surface area contributed by atoms with E-state index in [1.165, 1.54) is 0 Å². The van der Waals surface area contributed by atoms with Crippen molar-refractivity contribution >= 4 is 5.97 Å². The minimum Gasteiger partial charge on any atom is -0.462 e. The molecule has 0 aliphatic heterocycles. The molecule has 0 saturated carbocycles. The molecule has 2 N–H and O–H groups in total. The lowest BCUT2D eigenvalue weighted by Crippen LogP contribution is -2.29. The standard InChI is InChI=1S/C13H23NO3/c1-10(2)9-12(15)14-7-5-6-8-17-13(16)11(3)4/h12,14-15H,1,3,5-9H2,2,4H3/t12-/m1/s1. The summed E-state index contributed by atoms with van der Waals surface area (Å²) in [4.78, 5) is 11.0. The molecule has 17 heavy (non-hydrogen) atoms. The molecule has 98 valence electrons. The number of aliphatic hydroxyl groups excluding tert-OH is 1. The molecule has 0 aromatic rings. The Balaban J connectivity index is 3.38. The number of carbonyl (C=O) groups is 1. The zero-order valence-corrected chi connectivity index (χ0v) is 10.8. The Hall–Kier alpha value is -1.13. The first-order valence-electron chi connectivity index (χ1n) is 5.82. The summed E-state index contributed by atoms with van der Waals surface area (Å²) in [6.07, 6.45) is 1.64. The Bertz CT molecular complexity index is 274. The predicted octanol–water partition coefficient (Wildman–Crippen LogP) is 1.76. The fourth-order valence-electron chi connectivity index (χ4n) is 1.19. The van der Waals surface area contributed by atoms with Crippen molar-refractivity contribution in [1.29, 1.82) is 0 Å². The molecular formula is C13H23NO3. The molecule has 0 saturated heterocycles. The topological polar surface area (TPSA) is 58.6 Å². The molecule has 0 aliphatic carbocycles. The highest BCUT2D eigenvalue weighted by Crippen LogP contribution is 1.99. The second-order valence-electron chi connectivity index (χ2n) is 4.25. The zero-order chi connectivity index (χ0) is 13.3. The summed E-state index contributed by atoms with van der Waals surface area (Å²) in [5.74, 6) is -0.347. The van der Waals surface area contributed by atoms with E-state index in [2.05, 4.69) is 18.5 Å². The number of ether oxygens (including phenoxy) is 1. The molecule has 0 heterocycles. The third-order valence-electron chi connectivity index (χ3n) is 2.07. The first-order valence-corrected chi connectivity index (χ1v) is 5.82. The molecule has 4 heteroatoms. The van der Waals surface area contributed by atoms with Gasteiger partial charge in [-0.15, -0.1) is 0 Å². The van der Waals surface area contributed by atoms with E-state index in [-0.39, 0.29) is 5.97 Å². The first kappa shape index (κ1) is 15.9. The van der Waals surface area contributed by atoms with Gasteiger partial charge in [-0.25, -0.2) is 4.79 Å². The minimum absolute atomic E-state index is 0.347. The van der Waals surface area contributed by atoms with Crippen LogP contribution in [0.5, 0.6) is 0 Å². The van der Waals surface area contributed by atoms with Crippen LogP contribution < -0.4 is 5.32 Å². The van der Waals surface area contributed by atoms with Gasteiger partial charge < -0.3 is 9.84 Å². The fraction of sp³-hybridized carbons (Fsp3) is 0.615. The number of carbonyl (C=O) groups excluding carboxylic acids is 1. The largest absolute Gasteiger partial charge is 0.462 e. The zero-order valence-electron chi connectivity index (χ0n) is 10.8. The van der Waals surface area contributed by atoms with Crippen LogP contribution in [0.1, 0.15) is 33.1 Å². The van der Waals surface area contributed by atoms with Gasteiger partial charge in [-0.3, -0.25) is 5.32 Å². The molecular weight excluding hydrogens is 218 g/mol. The van der Waals surface area contributed by atoms with Gasteiger partial charge >= 0.3 is 5.97 Å². The van der Waals surface area contributed by atoms with Crippen molar-refractivity contribution in [1.82, 2.24) is 5.32 Å². The third kappa shape index (κ3) is 9.78. The van der Waals surface area contributed by atoms with Crippen molar-refractivity contribution in [2.45, 2.75) is 39.3 Å². The molecule has 0 bridgehead atoms. The maximum Gasteiger partial charge on any atom is 0.333 e. The van der Waals surface area contributed by atoms with Crippen LogP contribution in [0.3, 0.4) is 0 Å². The molecule has 0 rings (SSSR count). The number of nitrogens with one attached hydrogen (secondary N) is 1. The number of rotatable bonds is 9. The Morgan fingerprint density at radius 1 is 1.35 bits per heavy atom. The van der Waals surface area contributed by atoms with Crippen LogP contribution in [0.15, 0.2) is 24.3 Å². The number of aliphatic hydroxyl groups is 1. The molecule has 0 aliphatic rings. The summed E-state index contributed by atoms with van der Waals surface area (Å²) in [6, 6.07) is 0. The van der Waals surface area contributed by atoms with E-state index in [1.807, 2.05) is 6.92 Å². The maximum absolute atomic E-state index is 11.0. The van der Waals surface area contributed by atoms with Gasteiger partial charge in [-0.1, -0.05) is 18.7 Å². The van der Waals surface area contributed by atoms with E-state index in [9.17, 15) is 9.90 Å². The normalized spacial score (nSPS) is 11.9. The Morgan fingerprint density at radius 2 is 2.00 bits per heavy atom. The number of hydrogen-bond donors (Lipinski definition) is 2. The molecule has 0 amide bonds. The van der Waals surface area contributed by atoms with E-state index < -0.39 is 6.23 Å². The predicted molar refractivity (Wildman–Crippen MR) is 68.4 cm³/mol. The number of hydrogen-bond acceptors (Lipinski definition) is 4. The Labute approximate surface area is 103 Å². The van der Waals surface area contributed by atoms with Gasteiger partial charge in [0.2, 0.25) is 0 Å². The fourth-order valence-corrected chi connectivity index (χ4v) is 1.19. The Kier molecular flexibility index (Phi) is 8.36. The van der Waals surface area contributed by atoms with Crippen molar-refractivity contribution in [3.63, 3.8) is 0 Å². The second kappa shape index (κ2) is 8.96. The van der Waals surface area contributed by atoms with Crippen LogP contribution in [0, 0.1) is 0 Å². The average Bonchev–Trinajstić information content (AvgIpc) is 2.21. The van der Waals surface area contributed by atoms with E-state index in [0.717, 1.165) is 18.4 Å². The second-order valence-corrected chi connectivity index (χ2v) is 4.25.